The highest BCUT2D eigenvalue weighted by atomic mass is 79.9. The summed E-state index contributed by atoms with van der Waals surface area (Å²) in [7, 11) is 2.06. The third kappa shape index (κ3) is 1.47. The Kier molecular flexibility index (Phi) is 2.07. The number of nitrogens with zero attached hydrogens (tertiary/aromatic N) is 1. The van der Waals surface area contributed by atoms with E-state index in [1.807, 2.05) is 0 Å². The van der Waals surface area contributed by atoms with Gasteiger partial charge in [-0.25, -0.2) is 5.01 Å². The highest BCUT2D eigenvalue weighted by Crippen LogP contribution is 2.24. The molecule has 2 nitrogen and oxygen atoms in total. The summed E-state index contributed by atoms with van der Waals surface area (Å²) in [5.41, 5.74) is 5.92. The predicted molar refractivity (Wildman–Crippen MR) is 54.1 cm³/mol. The zero-order valence-electron chi connectivity index (χ0n) is 6.97. The molecule has 0 spiro atoms. The number of rotatable bonds is 0. The fourth-order valence-electron chi connectivity index (χ4n) is 1.42. The van der Waals surface area contributed by atoms with Crippen LogP contribution in [0.3, 0.4) is 0 Å². The van der Waals surface area contributed by atoms with Gasteiger partial charge in [-0.1, -0.05) is 22.0 Å². The lowest BCUT2D eigenvalue weighted by Gasteiger charge is -2.26. The molecule has 1 heterocycles. The van der Waals surface area contributed by atoms with E-state index in [1.54, 1.807) is 0 Å². The minimum Gasteiger partial charge on any atom is -0.319 e. The average molecular weight is 227 g/mol. The molecule has 0 radical (unpaired) electrons. The van der Waals surface area contributed by atoms with Gasteiger partial charge in [0.15, 0.2) is 0 Å². The van der Waals surface area contributed by atoms with Gasteiger partial charge in [-0.05, 0) is 24.1 Å². The summed E-state index contributed by atoms with van der Waals surface area (Å²) in [6, 6.07) is 6.37. The smallest absolute Gasteiger partial charge is 0.0533 e. The molecule has 12 heavy (non-hydrogen) atoms. The van der Waals surface area contributed by atoms with Crippen LogP contribution in [0.2, 0.25) is 0 Å². The van der Waals surface area contributed by atoms with Crippen molar-refractivity contribution in [3.8, 4) is 0 Å². The van der Waals surface area contributed by atoms with Gasteiger partial charge in [-0.3, -0.25) is 0 Å². The number of fused-ring (bicyclic) bond motifs is 1. The molecule has 0 amide bonds. The molecule has 3 heteroatoms. The lowest BCUT2D eigenvalue weighted by molar-refractivity contribution is 0.392. The summed E-state index contributed by atoms with van der Waals surface area (Å²) in [4.78, 5) is 0. The molecule has 64 valence electrons. The average Bonchev–Trinajstić information content (AvgIpc) is 2.03. The van der Waals surface area contributed by atoms with Crippen LogP contribution in [0.5, 0.6) is 0 Å². The second-order valence-corrected chi connectivity index (χ2v) is 4.00. The molecular formula is C9H11BrN2. The van der Waals surface area contributed by atoms with Crippen molar-refractivity contribution in [1.29, 1.82) is 0 Å². The second-order valence-electron chi connectivity index (χ2n) is 3.08. The molecule has 1 aliphatic heterocycles. The van der Waals surface area contributed by atoms with E-state index < -0.39 is 0 Å². The summed E-state index contributed by atoms with van der Waals surface area (Å²) in [6.07, 6.45) is 1.13. The quantitative estimate of drug-likeness (QED) is 0.731. The minimum absolute atomic E-state index is 1.08. The van der Waals surface area contributed by atoms with E-state index in [0.717, 1.165) is 17.4 Å². The fraction of sp³-hybridized carbons (Fsp3) is 0.333. The van der Waals surface area contributed by atoms with E-state index in [1.165, 1.54) is 11.3 Å². The fourth-order valence-corrected chi connectivity index (χ4v) is 1.78. The predicted octanol–water partition coefficient (Wildman–Crippen LogP) is 2.26. The second kappa shape index (κ2) is 3.07. The Morgan fingerprint density at radius 3 is 3.17 bits per heavy atom. The van der Waals surface area contributed by atoms with E-state index in [-0.39, 0.29) is 0 Å². The van der Waals surface area contributed by atoms with Crippen LogP contribution in [0.15, 0.2) is 22.7 Å². The van der Waals surface area contributed by atoms with Crippen LogP contribution in [0.1, 0.15) is 5.56 Å². The first-order valence-corrected chi connectivity index (χ1v) is 4.81. The largest absolute Gasteiger partial charge is 0.319 e. The highest BCUT2D eigenvalue weighted by Gasteiger charge is 2.11. The molecule has 0 saturated heterocycles. The van der Waals surface area contributed by atoms with Crippen LogP contribution in [0, 0.1) is 0 Å². The number of nitrogens with one attached hydrogen (secondary N) is 1. The van der Waals surface area contributed by atoms with Crippen molar-refractivity contribution in [2.75, 3.05) is 19.0 Å². The normalized spacial score (nSPS) is 16.8. The SMILES string of the molecule is CN1CCc2ccc(Br)cc2N1. The number of hydrogen-bond donors (Lipinski definition) is 1. The van der Waals surface area contributed by atoms with Crippen molar-refractivity contribution in [2.24, 2.45) is 0 Å². The number of hydrazine groups is 1. The number of benzene rings is 1. The Morgan fingerprint density at radius 1 is 1.50 bits per heavy atom. The molecule has 1 N–H and O–H groups in total. The molecule has 0 atom stereocenters. The molecule has 1 aromatic carbocycles. The summed E-state index contributed by atoms with van der Waals surface area (Å²) in [5.74, 6) is 0. The van der Waals surface area contributed by atoms with Crippen LogP contribution in [-0.2, 0) is 6.42 Å². The zero-order valence-corrected chi connectivity index (χ0v) is 8.56. The maximum atomic E-state index is 3.45. The monoisotopic (exact) mass is 226 g/mol. The molecule has 0 saturated carbocycles. The Hall–Kier alpha value is -0.540. The summed E-state index contributed by atoms with van der Waals surface area (Å²) in [5, 5.41) is 2.11. The van der Waals surface area contributed by atoms with Gasteiger partial charge >= 0.3 is 0 Å². The number of anilines is 1. The van der Waals surface area contributed by atoms with Gasteiger partial charge in [0.2, 0.25) is 0 Å². The molecule has 0 bridgehead atoms. The van der Waals surface area contributed by atoms with E-state index in [2.05, 4.69) is 51.6 Å². The van der Waals surface area contributed by atoms with Gasteiger partial charge < -0.3 is 5.43 Å². The lowest BCUT2D eigenvalue weighted by Crippen LogP contribution is -2.32. The van der Waals surface area contributed by atoms with Crippen LogP contribution >= 0.6 is 15.9 Å². The number of halogens is 1. The molecular weight excluding hydrogens is 216 g/mol. The first kappa shape index (κ1) is 8.08. The molecule has 1 aliphatic rings. The number of hydrogen-bond acceptors (Lipinski definition) is 2. The Bertz CT molecular complexity index is 299. The van der Waals surface area contributed by atoms with Gasteiger partial charge in [0.05, 0.1) is 5.69 Å². The van der Waals surface area contributed by atoms with Gasteiger partial charge in [-0.2, -0.15) is 0 Å². The zero-order chi connectivity index (χ0) is 8.55. The molecule has 0 aromatic heterocycles. The summed E-state index contributed by atoms with van der Waals surface area (Å²) in [6.45, 7) is 1.08. The van der Waals surface area contributed by atoms with Gasteiger partial charge in [-0.15, -0.1) is 0 Å². The van der Waals surface area contributed by atoms with Crippen molar-refractivity contribution in [1.82, 2.24) is 5.01 Å². The summed E-state index contributed by atoms with van der Waals surface area (Å²) >= 11 is 3.45. The van der Waals surface area contributed by atoms with E-state index in [9.17, 15) is 0 Å². The minimum atomic E-state index is 1.08. The summed E-state index contributed by atoms with van der Waals surface area (Å²) < 4.78 is 1.13. The number of likely N-dealkylation sites (N-methyl/N-ethyl adjacent to an activating group) is 1. The molecule has 0 aliphatic carbocycles. The topological polar surface area (TPSA) is 15.3 Å². The van der Waals surface area contributed by atoms with Crippen LogP contribution in [-0.4, -0.2) is 18.6 Å². The van der Waals surface area contributed by atoms with Gasteiger partial charge in [0, 0.05) is 18.1 Å². The van der Waals surface area contributed by atoms with Gasteiger partial charge in [0.25, 0.3) is 0 Å². The molecule has 1 aromatic rings. The maximum Gasteiger partial charge on any atom is 0.0533 e. The van der Waals surface area contributed by atoms with Crippen LogP contribution in [0.25, 0.3) is 0 Å². The van der Waals surface area contributed by atoms with E-state index in [4.69, 9.17) is 0 Å². The van der Waals surface area contributed by atoms with Crippen molar-refractivity contribution in [2.45, 2.75) is 6.42 Å². The first-order valence-electron chi connectivity index (χ1n) is 4.02. The van der Waals surface area contributed by atoms with Crippen molar-refractivity contribution >= 4 is 21.6 Å². The van der Waals surface area contributed by atoms with E-state index >= 15 is 0 Å². The molecule has 2 rings (SSSR count). The first-order chi connectivity index (χ1) is 5.75. The van der Waals surface area contributed by atoms with Crippen LogP contribution < -0.4 is 5.43 Å². The Morgan fingerprint density at radius 2 is 2.33 bits per heavy atom. The Balaban J connectivity index is 2.37. The molecule has 0 unspecified atom stereocenters. The third-order valence-corrected chi connectivity index (χ3v) is 2.59. The van der Waals surface area contributed by atoms with Crippen LogP contribution in [0.4, 0.5) is 5.69 Å². The standard InChI is InChI=1S/C9H11BrN2/c1-12-5-4-7-2-3-8(10)6-9(7)11-12/h2-3,6,11H,4-5H2,1H3. The third-order valence-electron chi connectivity index (χ3n) is 2.10. The maximum absolute atomic E-state index is 3.45. The van der Waals surface area contributed by atoms with E-state index in [0.29, 0.717) is 0 Å². The lowest BCUT2D eigenvalue weighted by atomic mass is 10.1. The van der Waals surface area contributed by atoms with Crippen molar-refractivity contribution < 1.29 is 0 Å². The highest BCUT2D eigenvalue weighted by molar-refractivity contribution is 9.10. The molecule has 0 fully saturated rings. The van der Waals surface area contributed by atoms with Gasteiger partial charge in [0.1, 0.15) is 0 Å². The van der Waals surface area contributed by atoms with Crippen molar-refractivity contribution in [3.63, 3.8) is 0 Å². The van der Waals surface area contributed by atoms with Crippen molar-refractivity contribution in [3.05, 3.63) is 28.2 Å². The Labute approximate surface area is 80.7 Å².